The summed E-state index contributed by atoms with van der Waals surface area (Å²) < 4.78 is 6.14. The quantitative estimate of drug-likeness (QED) is 0.708. The van der Waals surface area contributed by atoms with Crippen LogP contribution in [0.15, 0.2) is 47.1 Å². The van der Waals surface area contributed by atoms with Gasteiger partial charge in [0.15, 0.2) is 0 Å². The number of fused-ring (bicyclic) bond motifs is 1. The van der Waals surface area contributed by atoms with E-state index in [1.165, 1.54) is 0 Å². The molecular weight excluding hydrogens is 354 g/mol. The van der Waals surface area contributed by atoms with Gasteiger partial charge in [0.25, 0.3) is 5.91 Å². The molecule has 0 bridgehead atoms. The Morgan fingerprint density at radius 3 is 2.71 bits per heavy atom. The molecule has 3 rings (SSSR count). The lowest BCUT2D eigenvalue weighted by atomic mass is 9.94. The summed E-state index contributed by atoms with van der Waals surface area (Å²) in [5.74, 6) is -0.315. The third-order valence-electron chi connectivity index (χ3n) is 5.33. The molecule has 6 heteroatoms. The first-order chi connectivity index (χ1) is 13.5. The van der Waals surface area contributed by atoms with E-state index in [1.807, 2.05) is 36.4 Å². The Kier molecular flexibility index (Phi) is 6.75. The van der Waals surface area contributed by atoms with E-state index in [0.29, 0.717) is 36.7 Å². The molecule has 0 aromatic heterocycles. The number of unbranched alkanes of at least 4 members (excludes halogenated alkanes) is 1. The summed E-state index contributed by atoms with van der Waals surface area (Å²) in [5, 5.41) is 18.7. The van der Waals surface area contributed by atoms with Crippen LogP contribution in [0, 0.1) is 11.3 Å². The molecule has 2 N–H and O–H groups in total. The van der Waals surface area contributed by atoms with Crippen molar-refractivity contribution >= 4 is 17.3 Å². The molecule has 1 aromatic rings. The highest BCUT2D eigenvalue weighted by atomic mass is 16.5. The number of amides is 1. The third kappa shape index (κ3) is 4.39. The molecule has 1 aromatic carbocycles. The molecule has 150 valence electrons. The Hall–Kier alpha value is -2.31. The van der Waals surface area contributed by atoms with E-state index in [1.54, 1.807) is 4.90 Å². The number of aliphatic imine (C=N–C) groups is 1. The summed E-state index contributed by atoms with van der Waals surface area (Å²) in [6.07, 6.45) is 3.71. The fourth-order valence-corrected chi connectivity index (χ4v) is 3.65. The lowest BCUT2D eigenvalue weighted by Crippen LogP contribution is -2.45. The molecule has 1 aliphatic carbocycles. The molecule has 2 aliphatic rings. The van der Waals surface area contributed by atoms with Gasteiger partial charge < -0.3 is 20.2 Å². The van der Waals surface area contributed by atoms with E-state index < -0.39 is 12.1 Å². The van der Waals surface area contributed by atoms with Crippen LogP contribution in [-0.2, 0) is 16.1 Å². The Labute approximate surface area is 166 Å². The van der Waals surface area contributed by atoms with E-state index in [0.717, 1.165) is 24.8 Å². The molecule has 3 unspecified atom stereocenters. The van der Waals surface area contributed by atoms with Gasteiger partial charge in [-0.05, 0) is 30.4 Å². The molecule has 1 amide bonds. The van der Waals surface area contributed by atoms with Gasteiger partial charge in [0, 0.05) is 6.61 Å². The molecule has 0 fully saturated rings. The highest BCUT2D eigenvalue weighted by molar-refractivity contribution is 6.48. The summed E-state index contributed by atoms with van der Waals surface area (Å²) in [7, 11) is 0. The fourth-order valence-electron chi connectivity index (χ4n) is 3.65. The van der Waals surface area contributed by atoms with E-state index in [-0.39, 0.29) is 12.0 Å². The maximum Gasteiger partial charge on any atom is 0.279 e. The van der Waals surface area contributed by atoms with Crippen LogP contribution in [0.1, 0.15) is 45.1 Å². The smallest absolute Gasteiger partial charge is 0.279 e. The minimum absolute atomic E-state index is 0.149. The van der Waals surface area contributed by atoms with Crippen molar-refractivity contribution in [2.75, 3.05) is 6.61 Å². The monoisotopic (exact) mass is 383 g/mol. The molecule has 0 spiro atoms. The predicted octanol–water partition coefficient (Wildman–Crippen LogP) is 3.31. The molecule has 6 nitrogen and oxygen atoms in total. The largest absolute Gasteiger partial charge is 0.374 e. The maximum atomic E-state index is 12.7. The zero-order chi connectivity index (χ0) is 20.1. The fraction of sp³-hybridized carbons (Fsp3) is 0.500. The number of carbonyl (C=O) groups excluding carboxylic acids is 1. The Bertz CT molecular complexity index is 772. The number of ether oxygens (including phenoxy) is 1. The van der Waals surface area contributed by atoms with Crippen LogP contribution >= 0.6 is 0 Å². The number of nitrogens with one attached hydrogen (secondary N) is 1. The van der Waals surface area contributed by atoms with Gasteiger partial charge in [-0.2, -0.15) is 0 Å². The Morgan fingerprint density at radius 2 is 2.04 bits per heavy atom. The second kappa shape index (κ2) is 9.26. The number of hydrogen-bond acceptors (Lipinski definition) is 5. The number of rotatable bonds is 7. The van der Waals surface area contributed by atoms with Crippen molar-refractivity contribution in [3.8, 4) is 0 Å². The topological polar surface area (TPSA) is 86.0 Å². The first kappa shape index (κ1) is 20.4. The van der Waals surface area contributed by atoms with Crippen LogP contribution in [0.4, 0.5) is 0 Å². The number of benzene rings is 1. The van der Waals surface area contributed by atoms with Gasteiger partial charge in [-0.15, -0.1) is 0 Å². The first-order valence-corrected chi connectivity index (χ1v) is 10.1. The zero-order valence-corrected chi connectivity index (χ0v) is 16.6. The predicted molar refractivity (Wildman–Crippen MR) is 109 cm³/mol. The van der Waals surface area contributed by atoms with Crippen LogP contribution in [-0.4, -0.2) is 46.3 Å². The van der Waals surface area contributed by atoms with Crippen LogP contribution in [0.3, 0.4) is 0 Å². The van der Waals surface area contributed by atoms with Crippen molar-refractivity contribution in [2.24, 2.45) is 10.9 Å². The van der Waals surface area contributed by atoms with E-state index in [9.17, 15) is 9.90 Å². The highest BCUT2D eigenvalue weighted by Crippen LogP contribution is 2.30. The van der Waals surface area contributed by atoms with Crippen LogP contribution < -0.4 is 0 Å². The minimum Gasteiger partial charge on any atom is -0.374 e. The summed E-state index contributed by atoms with van der Waals surface area (Å²) in [6.45, 7) is 5.18. The first-order valence-electron chi connectivity index (χ1n) is 10.1. The van der Waals surface area contributed by atoms with Crippen molar-refractivity contribution < 1.29 is 14.6 Å². The van der Waals surface area contributed by atoms with Gasteiger partial charge in [-0.3, -0.25) is 4.79 Å². The lowest BCUT2D eigenvalue weighted by Gasteiger charge is -2.31. The summed E-state index contributed by atoms with van der Waals surface area (Å²) >= 11 is 0. The molecule has 0 saturated heterocycles. The van der Waals surface area contributed by atoms with E-state index in [2.05, 4.69) is 18.8 Å². The number of allylic oxidation sites excluding steroid dienone is 1. The minimum atomic E-state index is -1.46. The van der Waals surface area contributed by atoms with Gasteiger partial charge in [-0.1, -0.05) is 57.0 Å². The van der Waals surface area contributed by atoms with Crippen LogP contribution in [0.5, 0.6) is 0 Å². The number of aliphatic hydroxyl groups is 1. The zero-order valence-electron chi connectivity index (χ0n) is 16.6. The number of carbonyl (C=O) groups is 1. The van der Waals surface area contributed by atoms with Gasteiger partial charge in [0.05, 0.1) is 24.1 Å². The Morgan fingerprint density at radius 1 is 1.29 bits per heavy atom. The molecule has 3 atom stereocenters. The van der Waals surface area contributed by atoms with E-state index in [4.69, 9.17) is 10.1 Å². The van der Waals surface area contributed by atoms with Crippen molar-refractivity contribution in [1.82, 2.24) is 4.90 Å². The molecule has 1 aliphatic heterocycles. The van der Waals surface area contributed by atoms with Gasteiger partial charge in [0.2, 0.25) is 6.23 Å². The van der Waals surface area contributed by atoms with E-state index >= 15 is 0 Å². The number of nitrogens with zero attached hydrogens (tertiary/aromatic N) is 2. The van der Waals surface area contributed by atoms with Gasteiger partial charge in [-0.25, -0.2) is 4.99 Å². The second-order valence-corrected chi connectivity index (χ2v) is 7.35. The maximum absolute atomic E-state index is 12.7. The molecule has 28 heavy (non-hydrogen) atoms. The van der Waals surface area contributed by atoms with Crippen molar-refractivity contribution in [1.29, 1.82) is 5.41 Å². The standard InChI is InChI=1S/C22H29N3O3/c1-3-5-11-28-19-13-18-20(17(23)12-16(19)4-2)24-21(26)22(27)25(18)14-15-9-7-6-8-10-15/h6-10,13,16,19,21,23,26H,3-5,11-12,14H2,1-2H3. The molecule has 0 radical (unpaired) electrons. The molecular formula is C22H29N3O3. The number of aliphatic hydroxyl groups excluding tert-OH is 1. The molecule has 0 saturated carbocycles. The van der Waals surface area contributed by atoms with Crippen molar-refractivity contribution in [3.63, 3.8) is 0 Å². The Balaban J connectivity index is 1.99. The van der Waals surface area contributed by atoms with Crippen LogP contribution in [0.2, 0.25) is 0 Å². The van der Waals surface area contributed by atoms with Crippen LogP contribution in [0.25, 0.3) is 0 Å². The number of hydrogen-bond donors (Lipinski definition) is 2. The van der Waals surface area contributed by atoms with Crippen molar-refractivity contribution in [3.05, 3.63) is 47.7 Å². The normalized spacial score (nSPS) is 25.1. The summed E-state index contributed by atoms with van der Waals surface area (Å²) in [4.78, 5) is 18.4. The van der Waals surface area contributed by atoms with Gasteiger partial charge >= 0.3 is 0 Å². The highest BCUT2D eigenvalue weighted by Gasteiger charge is 2.38. The average Bonchev–Trinajstić information content (AvgIpc) is 2.83. The molecule has 1 heterocycles. The third-order valence-corrected chi connectivity index (χ3v) is 5.33. The SMILES string of the molecule is CCCCOC1C=C2C(=NC(O)C(=O)N2Cc2ccccc2)C(=N)CC1CC. The lowest BCUT2D eigenvalue weighted by molar-refractivity contribution is -0.138. The summed E-state index contributed by atoms with van der Waals surface area (Å²) in [6, 6.07) is 9.65. The second-order valence-electron chi connectivity index (χ2n) is 7.35. The summed E-state index contributed by atoms with van der Waals surface area (Å²) in [5.41, 5.74) is 2.30. The van der Waals surface area contributed by atoms with Crippen molar-refractivity contribution in [2.45, 2.75) is 58.4 Å². The van der Waals surface area contributed by atoms with Gasteiger partial charge in [0.1, 0.15) is 5.71 Å². The average molecular weight is 383 g/mol.